The summed E-state index contributed by atoms with van der Waals surface area (Å²) >= 11 is 0. The average molecular weight is 988 g/mol. The largest absolute Gasteiger partial charge is 0.462 e. The normalized spacial score (nSPS) is 12.8. The Morgan fingerprint density at radius 1 is 0.282 bits per heavy atom. The predicted octanol–water partition coefficient (Wildman–Crippen LogP) is 20.1. The van der Waals surface area contributed by atoms with Crippen LogP contribution in [0.3, 0.4) is 0 Å². The minimum atomic E-state index is -0.807. The minimum Gasteiger partial charge on any atom is -0.462 e. The molecule has 0 aromatic carbocycles. The van der Waals surface area contributed by atoms with E-state index >= 15 is 0 Å². The van der Waals surface area contributed by atoms with E-state index in [1.807, 2.05) is 0 Å². The number of allylic oxidation sites excluding steroid dienone is 16. The van der Waals surface area contributed by atoms with Gasteiger partial charge in [0.15, 0.2) is 6.10 Å². The van der Waals surface area contributed by atoms with E-state index in [9.17, 15) is 14.4 Å². The molecule has 406 valence electrons. The van der Waals surface area contributed by atoms with Crippen molar-refractivity contribution >= 4 is 17.9 Å². The second-order valence-corrected chi connectivity index (χ2v) is 19.5. The molecule has 6 heteroatoms. The molecule has 0 aromatic rings. The van der Waals surface area contributed by atoms with Gasteiger partial charge in [-0.3, -0.25) is 14.4 Å². The molecule has 0 saturated heterocycles. The first-order valence-electron chi connectivity index (χ1n) is 29.7. The number of ether oxygens (including phenoxy) is 3. The fourth-order valence-electron chi connectivity index (χ4n) is 8.01. The van der Waals surface area contributed by atoms with Gasteiger partial charge in [0.1, 0.15) is 13.2 Å². The van der Waals surface area contributed by atoms with Gasteiger partial charge in [0.05, 0.1) is 0 Å². The van der Waals surface area contributed by atoms with Crippen molar-refractivity contribution in [3.05, 3.63) is 97.2 Å². The molecule has 0 radical (unpaired) electrons. The molecule has 1 atom stereocenters. The van der Waals surface area contributed by atoms with E-state index in [1.165, 1.54) is 128 Å². The van der Waals surface area contributed by atoms with E-state index in [-0.39, 0.29) is 37.5 Å². The van der Waals surface area contributed by atoms with E-state index in [1.54, 1.807) is 0 Å². The molecule has 0 bridgehead atoms. The molecule has 0 saturated carbocycles. The second kappa shape index (κ2) is 58.9. The maximum atomic E-state index is 12.9. The summed E-state index contributed by atoms with van der Waals surface area (Å²) in [4.78, 5) is 38.2. The van der Waals surface area contributed by atoms with Gasteiger partial charge >= 0.3 is 17.9 Å². The highest BCUT2D eigenvalue weighted by molar-refractivity contribution is 5.71. The van der Waals surface area contributed by atoms with E-state index in [4.69, 9.17) is 14.2 Å². The summed E-state index contributed by atoms with van der Waals surface area (Å²) in [6.45, 7) is 6.54. The highest BCUT2D eigenvalue weighted by Gasteiger charge is 2.19. The lowest BCUT2D eigenvalue weighted by Gasteiger charge is -2.18. The van der Waals surface area contributed by atoms with Crippen molar-refractivity contribution in [1.29, 1.82) is 0 Å². The first kappa shape index (κ1) is 67.3. The minimum absolute atomic E-state index is 0.100. The summed E-state index contributed by atoms with van der Waals surface area (Å²) in [6, 6.07) is 0. The second-order valence-electron chi connectivity index (χ2n) is 19.5. The number of hydrogen-bond donors (Lipinski definition) is 0. The van der Waals surface area contributed by atoms with Gasteiger partial charge in [-0.05, 0) is 128 Å². The predicted molar refractivity (Wildman–Crippen MR) is 307 cm³/mol. The van der Waals surface area contributed by atoms with Gasteiger partial charge in [-0.25, -0.2) is 0 Å². The molecule has 0 amide bonds. The number of hydrogen-bond acceptors (Lipinski definition) is 6. The van der Waals surface area contributed by atoms with Gasteiger partial charge in [0.2, 0.25) is 0 Å². The Morgan fingerprint density at radius 3 is 0.845 bits per heavy atom. The summed E-state index contributed by atoms with van der Waals surface area (Å²) < 4.78 is 16.8. The van der Waals surface area contributed by atoms with Crippen LogP contribution in [-0.4, -0.2) is 37.2 Å². The molecule has 0 rings (SSSR count). The molecule has 0 fully saturated rings. The highest BCUT2D eigenvalue weighted by Crippen LogP contribution is 2.14. The highest BCUT2D eigenvalue weighted by atomic mass is 16.6. The molecule has 0 unspecified atom stereocenters. The van der Waals surface area contributed by atoms with Crippen LogP contribution in [-0.2, 0) is 28.6 Å². The van der Waals surface area contributed by atoms with Crippen molar-refractivity contribution in [2.45, 2.75) is 284 Å². The number of carbonyl (C=O) groups is 3. The zero-order valence-corrected chi connectivity index (χ0v) is 46.5. The van der Waals surface area contributed by atoms with E-state index in [0.29, 0.717) is 12.8 Å². The van der Waals surface area contributed by atoms with Crippen molar-refractivity contribution in [2.75, 3.05) is 13.2 Å². The lowest BCUT2D eigenvalue weighted by molar-refractivity contribution is -0.167. The fourth-order valence-corrected chi connectivity index (χ4v) is 8.01. The number of rotatable bonds is 53. The lowest BCUT2D eigenvalue weighted by Crippen LogP contribution is -2.30. The molecule has 0 N–H and O–H groups in total. The van der Waals surface area contributed by atoms with Crippen LogP contribution in [0.15, 0.2) is 97.2 Å². The third-order valence-electron chi connectivity index (χ3n) is 12.5. The Bertz CT molecular complexity index is 1410. The number of carbonyl (C=O) groups excluding carboxylic acids is 3. The van der Waals surface area contributed by atoms with E-state index in [2.05, 4.69) is 118 Å². The summed E-state index contributed by atoms with van der Waals surface area (Å²) in [6.07, 6.45) is 78.2. The van der Waals surface area contributed by atoms with Crippen LogP contribution in [0.1, 0.15) is 278 Å². The van der Waals surface area contributed by atoms with E-state index in [0.717, 1.165) is 109 Å². The summed E-state index contributed by atoms with van der Waals surface area (Å²) in [5, 5.41) is 0. The monoisotopic (exact) mass is 987 g/mol. The molecule has 0 spiro atoms. The first-order valence-corrected chi connectivity index (χ1v) is 29.7. The molecule has 0 aliphatic heterocycles. The third kappa shape index (κ3) is 57.1. The van der Waals surface area contributed by atoms with Gasteiger partial charge in [0.25, 0.3) is 0 Å². The van der Waals surface area contributed by atoms with Gasteiger partial charge in [-0.15, -0.1) is 0 Å². The number of esters is 3. The smallest absolute Gasteiger partial charge is 0.306 e. The lowest BCUT2D eigenvalue weighted by atomic mass is 10.1. The molecular weight excluding hydrogens is 877 g/mol. The molecule has 0 aliphatic carbocycles. The Balaban J connectivity index is 4.50. The average Bonchev–Trinajstić information content (AvgIpc) is 3.37. The quantitative estimate of drug-likeness (QED) is 0.0261. The van der Waals surface area contributed by atoms with Gasteiger partial charge < -0.3 is 14.2 Å². The van der Waals surface area contributed by atoms with Crippen LogP contribution in [0.4, 0.5) is 0 Å². The third-order valence-corrected chi connectivity index (χ3v) is 12.5. The molecule has 6 nitrogen and oxygen atoms in total. The molecule has 0 heterocycles. The fraction of sp³-hybridized carbons (Fsp3) is 0.708. The van der Waals surface area contributed by atoms with Crippen LogP contribution in [0.2, 0.25) is 0 Å². The number of unbranched alkanes of at least 4 members (excludes halogenated alkanes) is 26. The van der Waals surface area contributed by atoms with Gasteiger partial charge in [0, 0.05) is 19.3 Å². The first-order chi connectivity index (χ1) is 35.0. The topological polar surface area (TPSA) is 78.9 Å². The molecule has 0 aromatic heterocycles. The molecule has 0 aliphatic rings. The Kier molecular flexibility index (Phi) is 55.9. The van der Waals surface area contributed by atoms with Crippen molar-refractivity contribution in [1.82, 2.24) is 0 Å². The van der Waals surface area contributed by atoms with Crippen molar-refractivity contribution in [2.24, 2.45) is 0 Å². The Labute approximate surface area is 438 Å². The molecular formula is C65H110O6. The summed E-state index contributed by atoms with van der Waals surface area (Å²) in [7, 11) is 0. The zero-order valence-electron chi connectivity index (χ0n) is 46.5. The van der Waals surface area contributed by atoms with Crippen molar-refractivity contribution in [3.63, 3.8) is 0 Å². The van der Waals surface area contributed by atoms with Crippen LogP contribution in [0.5, 0.6) is 0 Å². The van der Waals surface area contributed by atoms with Gasteiger partial charge in [-0.1, -0.05) is 227 Å². The Morgan fingerprint density at radius 2 is 0.507 bits per heavy atom. The van der Waals surface area contributed by atoms with E-state index < -0.39 is 6.10 Å². The SMILES string of the molecule is CCCCC/C=C\C/C=C\C/C=C\C/C=C\CCCCCC(=O)O[C@H](COC(=O)CCCCCC/C=C\C/C=C\C/C=C\CCCCC)COC(=O)CCCCCCCCC/C=C\CCCCCCCC. The molecule has 71 heavy (non-hydrogen) atoms. The van der Waals surface area contributed by atoms with Gasteiger partial charge in [-0.2, -0.15) is 0 Å². The van der Waals surface area contributed by atoms with Crippen molar-refractivity contribution < 1.29 is 28.6 Å². The van der Waals surface area contributed by atoms with Crippen molar-refractivity contribution in [3.8, 4) is 0 Å². The summed E-state index contributed by atoms with van der Waals surface area (Å²) in [5.41, 5.74) is 0. The Hall–Kier alpha value is -3.67. The maximum Gasteiger partial charge on any atom is 0.306 e. The standard InChI is InChI=1S/C65H110O6/c1-4-7-10-13-16-19-22-25-28-31-32-35-38-41-44-47-50-53-56-59-65(68)71-62(60-69-63(66)57-54-51-48-45-42-39-36-33-29-26-23-20-17-14-11-8-5-2)61-70-64(67)58-55-52-49-46-43-40-37-34-30-27-24-21-18-15-12-9-6-3/h16-17,19-20,25-30,32,35-36,39,41,44,62H,4-15,18,21-24,31,33-34,37-38,40,42-43,45-61H2,1-3H3/b19-16-,20-17-,28-25-,29-26-,30-27-,35-32-,39-36-,44-41-/t62-/m1/s1. The van der Waals surface area contributed by atoms with Crippen LogP contribution in [0.25, 0.3) is 0 Å². The summed E-state index contributed by atoms with van der Waals surface area (Å²) in [5.74, 6) is -0.953. The zero-order chi connectivity index (χ0) is 51.4. The maximum absolute atomic E-state index is 12.9. The van der Waals surface area contributed by atoms with Crippen LogP contribution in [0, 0.1) is 0 Å². The van der Waals surface area contributed by atoms with Crippen LogP contribution < -0.4 is 0 Å². The van der Waals surface area contributed by atoms with Crippen LogP contribution >= 0.6 is 0 Å².